The standard InChI is InChI=1S/C15H24N4O2/c1-17(11-12-18-10-7-16-13-18)14(20)6-9-19-8-4-2-3-5-15(19)21/h7,10,13H,2-6,8-9,11-12H2,1H3. The Balaban J connectivity index is 1.71. The highest BCUT2D eigenvalue weighted by atomic mass is 16.2. The van der Waals surface area contributed by atoms with Crippen molar-refractivity contribution >= 4 is 11.8 Å². The number of hydrogen-bond acceptors (Lipinski definition) is 3. The van der Waals surface area contributed by atoms with Crippen molar-refractivity contribution in [1.29, 1.82) is 0 Å². The summed E-state index contributed by atoms with van der Waals surface area (Å²) in [5.74, 6) is 0.286. The fourth-order valence-electron chi connectivity index (χ4n) is 2.51. The van der Waals surface area contributed by atoms with E-state index in [0.29, 0.717) is 25.9 Å². The molecule has 21 heavy (non-hydrogen) atoms. The zero-order valence-electron chi connectivity index (χ0n) is 12.7. The van der Waals surface area contributed by atoms with E-state index in [4.69, 9.17) is 0 Å². The summed E-state index contributed by atoms with van der Waals surface area (Å²) in [6.45, 7) is 2.74. The second-order valence-corrected chi connectivity index (χ2v) is 5.56. The van der Waals surface area contributed by atoms with Gasteiger partial charge in [0.05, 0.1) is 6.33 Å². The van der Waals surface area contributed by atoms with Crippen LogP contribution >= 0.6 is 0 Å². The Kier molecular flexibility index (Phi) is 5.78. The SMILES string of the molecule is CN(CCn1ccnc1)C(=O)CCN1CCCCCC1=O. The van der Waals surface area contributed by atoms with Gasteiger partial charge in [0.15, 0.2) is 0 Å². The minimum Gasteiger partial charge on any atom is -0.344 e. The maximum Gasteiger partial charge on any atom is 0.224 e. The summed E-state index contributed by atoms with van der Waals surface area (Å²) >= 11 is 0. The average molecular weight is 292 g/mol. The normalized spacial score (nSPS) is 15.9. The van der Waals surface area contributed by atoms with E-state index >= 15 is 0 Å². The van der Waals surface area contributed by atoms with Crippen LogP contribution in [-0.2, 0) is 16.1 Å². The number of likely N-dealkylation sites (tertiary alicyclic amines) is 1. The molecule has 1 aromatic rings. The molecule has 0 aromatic carbocycles. The number of nitrogens with zero attached hydrogens (tertiary/aromatic N) is 4. The van der Waals surface area contributed by atoms with Crippen molar-refractivity contribution in [3.8, 4) is 0 Å². The molecule has 0 N–H and O–H groups in total. The zero-order valence-corrected chi connectivity index (χ0v) is 12.7. The monoisotopic (exact) mass is 292 g/mol. The molecule has 1 saturated heterocycles. The van der Waals surface area contributed by atoms with E-state index in [1.165, 1.54) is 0 Å². The van der Waals surface area contributed by atoms with Crippen LogP contribution in [0.1, 0.15) is 32.1 Å². The van der Waals surface area contributed by atoms with Crippen LogP contribution in [0.4, 0.5) is 0 Å². The highest BCUT2D eigenvalue weighted by molar-refractivity contribution is 5.79. The first kappa shape index (κ1) is 15.5. The lowest BCUT2D eigenvalue weighted by molar-refractivity contribution is -0.133. The molecule has 0 radical (unpaired) electrons. The van der Waals surface area contributed by atoms with Gasteiger partial charge in [-0.2, -0.15) is 0 Å². The summed E-state index contributed by atoms with van der Waals surface area (Å²) in [7, 11) is 1.81. The van der Waals surface area contributed by atoms with Gasteiger partial charge < -0.3 is 14.4 Å². The molecule has 2 amide bonds. The Bertz CT molecular complexity index is 458. The summed E-state index contributed by atoms with van der Waals surface area (Å²) in [5.41, 5.74) is 0. The molecule has 0 atom stereocenters. The first-order valence-corrected chi connectivity index (χ1v) is 7.64. The van der Waals surface area contributed by atoms with Crippen molar-refractivity contribution in [2.75, 3.05) is 26.7 Å². The van der Waals surface area contributed by atoms with Crippen molar-refractivity contribution in [2.45, 2.75) is 38.6 Å². The van der Waals surface area contributed by atoms with Crippen molar-refractivity contribution in [1.82, 2.24) is 19.4 Å². The van der Waals surface area contributed by atoms with Crippen LogP contribution in [-0.4, -0.2) is 57.8 Å². The number of hydrogen-bond donors (Lipinski definition) is 0. The van der Waals surface area contributed by atoms with Gasteiger partial charge >= 0.3 is 0 Å². The van der Waals surface area contributed by atoms with Crippen LogP contribution in [0, 0.1) is 0 Å². The van der Waals surface area contributed by atoms with E-state index in [1.807, 2.05) is 22.7 Å². The number of aromatic nitrogens is 2. The fraction of sp³-hybridized carbons (Fsp3) is 0.667. The number of carbonyl (C=O) groups is 2. The van der Waals surface area contributed by atoms with E-state index in [-0.39, 0.29) is 11.8 Å². The van der Waals surface area contributed by atoms with Crippen LogP contribution in [0.15, 0.2) is 18.7 Å². The number of imidazole rings is 1. The van der Waals surface area contributed by atoms with Gasteiger partial charge in [-0.15, -0.1) is 0 Å². The quantitative estimate of drug-likeness (QED) is 0.790. The molecule has 1 fully saturated rings. The topological polar surface area (TPSA) is 58.4 Å². The van der Waals surface area contributed by atoms with Crippen LogP contribution in [0.25, 0.3) is 0 Å². The fourth-order valence-corrected chi connectivity index (χ4v) is 2.51. The second kappa shape index (κ2) is 7.81. The Morgan fingerprint density at radius 1 is 1.33 bits per heavy atom. The van der Waals surface area contributed by atoms with Crippen molar-refractivity contribution in [2.24, 2.45) is 0 Å². The summed E-state index contributed by atoms with van der Waals surface area (Å²) in [4.78, 5) is 31.5. The molecular formula is C15H24N4O2. The second-order valence-electron chi connectivity index (χ2n) is 5.56. The van der Waals surface area contributed by atoms with Gasteiger partial charge in [0.1, 0.15) is 0 Å². The highest BCUT2D eigenvalue weighted by Gasteiger charge is 2.18. The summed E-state index contributed by atoms with van der Waals surface area (Å²) < 4.78 is 1.95. The van der Waals surface area contributed by atoms with E-state index in [1.54, 1.807) is 17.4 Å². The smallest absolute Gasteiger partial charge is 0.224 e. The lowest BCUT2D eigenvalue weighted by atomic mass is 10.2. The molecule has 2 rings (SSSR count). The minimum atomic E-state index is 0.0900. The molecule has 1 aromatic heterocycles. The van der Waals surface area contributed by atoms with Crippen molar-refractivity contribution < 1.29 is 9.59 Å². The first-order chi connectivity index (χ1) is 10.2. The van der Waals surface area contributed by atoms with Crippen LogP contribution < -0.4 is 0 Å². The average Bonchev–Trinajstić information content (AvgIpc) is 2.92. The highest BCUT2D eigenvalue weighted by Crippen LogP contribution is 2.11. The molecule has 6 heteroatoms. The molecule has 0 aliphatic carbocycles. The number of amides is 2. The predicted molar refractivity (Wildman–Crippen MR) is 79.5 cm³/mol. The zero-order chi connectivity index (χ0) is 15.1. The van der Waals surface area contributed by atoms with E-state index in [9.17, 15) is 9.59 Å². The molecule has 0 saturated carbocycles. The lowest BCUT2D eigenvalue weighted by Crippen LogP contribution is -2.36. The molecule has 0 bridgehead atoms. The molecule has 1 aliphatic heterocycles. The lowest BCUT2D eigenvalue weighted by Gasteiger charge is -2.22. The molecular weight excluding hydrogens is 268 g/mol. The minimum absolute atomic E-state index is 0.0900. The third-order valence-corrected chi connectivity index (χ3v) is 3.95. The molecule has 2 heterocycles. The van der Waals surface area contributed by atoms with Gasteiger partial charge in [0.2, 0.25) is 11.8 Å². The van der Waals surface area contributed by atoms with E-state index < -0.39 is 0 Å². The number of rotatable bonds is 6. The van der Waals surface area contributed by atoms with Crippen LogP contribution in [0.5, 0.6) is 0 Å². The summed E-state index contributed by atoms with van der Waals surface area (Å²) in [6, 6.07) is 0. The van der Waals surface area contributed by atoms with Gasteiger partial charge in [0.25, 0.3) is 0 Å². The molecule has 0 unspecified atom stereocenters. The maximum atomic E-state index is 12.1. The number of carbonyl (C=O) groups excluding carboxylic acids is 2. The number of likely N-dealkylation sites (N-methyl/N-ethyl adjacent to an activating group) is 1. The van der Waals surface area contributed by atoms with Crippen LogP contribution in [0.2, 0.25) is 0 Å². The summed E-state index contributed by atoms with van der Waals surface area (Å²) in [5, 5.41) is 0. The largest absolute Gasteiger partial charge is 0.344 e. The molecule has 116 valence electrons. The first-order valence-electron chi connectivity index (χ1n) is 7.64. The van der Waals surface area contributed by atoms with Crippen molar-refractivity contribution in [3.05, 3.63) is 18.7 Å². The van der Waals surface area contributed by atoms with Gasteiger partial charge in [-0.25, -0.2) is 4.98 Å². The van der Waals surface area contributed by atoms with E-state index in [0.717, 1.165) is 32.4 Å². The Morgan fingerprint density at radius 2 is 2.19 bits per heavy atom. The molecule has 1 aliphatic rings. The van der Waals surface area contributed by atoms with Gasteiger partial charge in [-0.1, -0.05) is 6.42 Å². The third-order valence-electron chi connectivity index (χ3n) is 3.95. The van der Waals surface area contributed by atoms with Crippen LogP contribution in [0.3, 0.4) is 0 Å². The van der Waals surface area contributed by atoms with Gasteiger partial charge in [-0.3, -0.25) is 9.59 Å². The molecule has 6 nitrogen and oxygen atoms in total. The Morgan fingerprint density at radius 3 is 2.95 bits per heavy atom. The van der Waals surface area contributed by atoms with Gasteiger partial charge in [-0.05, 0) is 12.8 Å². The predicted octanol–water partition coefficient (Wildman–Crippen LogP) is 1.13. The molecule has 0 spiro atoms. The Labute approximate surface area is 125 Å². The maximum absolute atomic E-state index is 12.1. The third kappa shape index (κ3) is 4.88. The summed E-state index contributed by atoms with van der Waals surface area (Å²) in [6.07, 6.45) is 9.54. The van der Waals surface area contributed by atoms with Gasteiger partial charge in [0, 0.05) is 58.5 Å². The van der Waals surface area contributed by atoms with Crippen molar-refractivity contribution in [3.63, 3.8) is 0 Å². The Hall–Kier alpha value is -1.85. The van der Waals surface area contributed by atoms with E-state index in [2.05, 4.69) is 4.98 Å².